The van der Waals surface area contributed by atoms with Crippen molar-refractivity contribution in [2.24, 2.45) is 11.5 Å². The molecule has 8 heteroatoms. The van der Waals surface area contributed by atoms with E-state index in [4.69, 9.17) is 11.5 Å². The number of amides is 1. The van der Waals surface area contributed by atoms with Gasteiger partial charge in [-0.15, -0.1) is 13.2 Å². The van der Waals surface area contributed by atoms with Crippen molar-refractivity contribution in [2.75, 3.05) is 0 Å². The van der Waals surface area contributed by atoms with Gasteiger partial charge in [-0.25, -0.2) is 0 Å². The highest BCUT2D eigenvalue weighted by Gasteiger charge is 2.31. The van der Waals surface area contributed by atoms with Crippen molar-refractivity contribution in [3.8, 4) is 5.75 Å². The Morgan fingerprint density at radius 1 is 1.42 bits per heavy atom. The summed E-state index contributed by atoms with van der Waals surface area (Å²) in [6.07, 6.45) is -6.36. The Kier molecular flexibility index (Phi) is 4.73. The van der Waals surface area contributed by atoms with Gasteiger partial charge >= 0.3 is 6.36 Å². The van der Waals surface area contributed by atoms with Crippen molar-refractivity contribution in [2.45, 2.75) is 24.9 Å². The lowest BCUT2D eigenvalue weighted by Crippen LogP contribution is -2.45. The Balaban J connectivity index is 2.75. The number of primary amides is 1. The molecule has 1 aromatic rings. The van der Waals surface area contributed by atoms with Crippen molar-refractivity contribution in [3.05, 3.63) is 29.8 Å². The van der Waals surface area contributed by atoms with Crippen molar-refractivity contribution < 1.29 is 27.8 Å². The van der Waals surface area contributed by atoms with E-state index in [9.17, 15) is 23.1 Å². The summed E-state index contributed by atoms with van der Waals surface area (Å²) in [4.78, 5) is 10.7. The highest BCUT2D eigenvalue weighted by Crippen LogP contribution is 2.23. The lowest BCUT2D eigenvalue weighted by molar-refractivity contribution is -0.274. The van der Waals surface area contributed by atoms with E-state index in [1.165, 1.54) is 12.1 Å². The number of benzene rings is 1. The van der Waals surface area contributed by atoms with Crippen molar-refractivity contribution >= 4 is 5.91 Å². The van der Waals surface area contributed by atoms with Crippen LogP contribution in [0, 0.1) is 0 Å². The molecule has 2 atom stereocenters. The molecule has 0 aromatic heterocycles. The van der Waals surface area contributed by atoms with Crippen LogP contribution in [0.2, 0.25) is 0 Å². The molecule has 106 valence electrons. The van der Waals surface area contributed by atoms with Crippen molar-refractivity contribution in [1.82, 2.24) is 0 Å². The summed E-state index contributed by atoms with van der Waals surface area (Å²) >= 11 is 0. The van der Waals surface area contributed by atoms with E-state index in [2.05, 4.69) is 4.74 Å². The maximum Gasteiger partial charge on any atom is 0.573 e. The van der Waals surface area contributed by atoms with Gasteiger partial charge in [-0.3, -0.25) is 4.79 Å². The van der Waals surface area contributed by atoms with E-state index >= 15 is 0 Å². The van der Waals surface area contributed by atoms with Gasteiger partial charge in [0.15, 0.2) is 0 Å². The molecule has 0 heterocycles. The first kappa shape index (κ1) is 15.3. The first-order valence-corrected chi connectivity index (χ1v) is 5.26. The summed E-state index contributed by atoms with van der Waals surface area (Å²) < 4.78 is 39.8. The molecule has 5 nitrogen and oxygen atoms in total. The maximum atomic E-state index is 12.0. The number of halogens is 3. The van der Waals surface area contributed by atoms with Crippen LogP contribution in [0.4, 0.5) is 13.2 Å². The standard InChI is InChI=1S/C11H13F3N2O3/c12-11(13,14)19-7-3-1-2-6(4-7)5-8(15)9(17)10(16)18/h1-4,8-9,17H,5,15H2,(H2,16,18)/t8?,9-/m0/s1. The summed E-state index contributed by atoms with van der Waals surface area (Å²) in [5.74, 6) is -1.39. The van der Waals surface area contributed by atoms with E-state index in [1.807, 2.05) is 0 Å². The van der Waals surface area contributed by atoms with Gasteiger partial charge in [-0.1, -0.05) is 12.1 Å². The quantitative estimate of drug-likeness (QED) is 0.721. The molecule has 0 bridgehead atoms. The molecule has 1 aromatic carbocycles. The summed E-state index contributed by atoms with van der Waals surface area (Å²) in [6.45, 7) is 0. The zero-order chi connectivity index (χ0) is 14.6. The number of nitrogens with two attached hydrogens (primary N) is 2. The fourth-order valence-corrected chi connectivity index (χ4v) is 1.46. The minimum atomic E-state index is -4.78. The number of aliphatic hydroxyl groups excluding tert-OH is 1. The second kappa shape index (κ2) is 5.89. The number of aliphatic hydroxyl groups is 1. The third-order valence-corrected chi connectivity index (χ3v) is 2.30. The predicted octanol–water partition coefficient (Wildman–Crippen LogP) is 0.301. The summed E-state index contributed by atoms with van der Waals surface area (Å²) in [6, 6.07) is 4.10. The van der Waals surface area contributed by atoms with Crippen LogP contribution < -0.4 is 16.2 Å². The lowest BCUT2D eigenvalue weighted by Gasteiger charge is -2.16. The Hall–Kier alpha value is -1.80. The monoisotopic (exact) mass is 278 g/mol. The van der Waals surface area contributed by atoms with Crippen LogP contribution in [0.3, 0.4) is 0 Å². The fraction of sp³-hybridized carbons (Fsp3) is 0.364. The third kappa shape index (κ3) is 5.14. The molecule has 5 N–H and O–H groups in total. The molecule has 0 aliphatic rings. The molecular weight excluding hydrogens is 265 g/mol. The second-order valence-electron chi connectivity index (χ2n) is 3.91. The fourth-order valence-electron chi connectivity index (χ4n) is 1.46. The number of hydrogen-bond donors (Lipinski definition) is 3. The number of carbonyl (C=O) groups is 1. The number of ether oxygens (including phenoxy) is 1. The first-order valence-electron chi connectivity index (χ1n) is 5.26. The highest BCUT2D eigenvalue weighted by atomic mass is 19.4. The Labute approximate surface area is 107 Å². The second-order valence-corrected chi connectivity index (χ2v) is 3.91. The molecule has 0 aliphatic heterocycles. The molecule has 1 amide bonds. The molecule has 1 unspecified atom stereocenters. The molecule has 0 fully saturated rings. The first-order chi connectivity index (χ1) is 8.69. The van der Waals surface area contributed by atoms with Gasteiger partial charge in [0, 0.05) is 6.04 Å². The van der Waals surface area contributed by atoms with Gasteiger partial charge in [0.05, 0.1) is 0 Å². The molecule has 0 radical (unpaired) electrons. The molecular formula is C11H13F3N2O3. The summed E-state index contributed by atoms with van der Waals surface area (Å²) in [5.41, 5.74) is 10.8. The maximum absolute atomic E-state index is 12.0. The number of rotatable bonds is 5. The Bertz CT molecular complexity index is 451. The zero-order valence-electron chi connectivity index (χ0n) is 9.72. The Morgan fingerprint density at radius 3 is 2.58 bits per heavy atom. The molecule has 0 saturated carbocycles. The van der Waals surface area contributed by atoms with E-state index in [0.29, 0.717) is 5.56 Å². The van der Waals surface area contributed by atoms with Crippen LogP contribution in [0.1, 0.15) is 5.56 Å². The van der Waals surface area contributed by atoms with Crippen LogP contribution in [0.5, 0.6) is 5.75 Å². The summed E-state index contributed by atoms with van der Waals surface area (Å²) in [5, 5.41) is 9.30. The normalized spacial score (nSPS) is 14.8. The zero-order valence-corrected chi connectivity index (χ0v) is 9.72. The largest absolute Gasteiger partial charge is 0.573 e. The molecule has 19 heavy (non-hydrogen) atoms. The SMILES string of the molecule is NC(=O)[C@@H](O)C(N)Cc1cccc(OC(F)(F)F)c1. The number of carbonyl (C=O) groups excluding carboxylic acids is 1. The van der Waals surface area contributed by atoms with Crippen molar-refractivity contribution in [1.29, 1.82) is 0 Å². The van der Waals surface area contributed by atoms with E-state index in [0.717, 1.165) is 12.1 Å². The van der Waals surface area contributed by atoms with Crippen LogP contribution >= 0.6 is 0 Å². The van der Waals surface area contributed by atoms with E-state index in [1.54, 1.807) is 0 Å². The molecule has 0 saturated heterocycles. The number of hydrogen-bond acceptors (Lipinski definition) is 4. The van der Waals surface area contributed by atoms with Gasteiger partial charge in [-0.2, -0.15) is 0 Å². The van der Waals surface area contributed by atoms with E-state index in [-0.39, 0.29) is 6.42 Å². The minimum absolute atomic E-state index is 0.0147. The average Bonchev–Trinajstić information content (AvgIpc) is 2.25. The van der Waals surface area contributed by atoms with Crippen molar-refractivity contribution in [3.63, 3.8) is 0 Å². The van der Waals surface area contributed by atoms with Gasteiger partial charge in [0.25, 0.3) is 0 Å². The smallest absolute Gasteiger partial charge is 0.406 e. The van der Waals surface area contributed by atoms with Crippen LogP contribution in [0.25, 0.3) is 0 Å². The molecule has 1 rings (SSSR count). The minimum Gasteiger partial charge on any atom is -0.406 e. The van der Waals surface area contributed by atoms with Gasteiger partial charge in [-0.05, 0) is 24.1 Å². The highest BCUT2D eigenvalue weighted by molar-refractivity contribution is 5.79. The average molecular weight is 278 g/mol. The molecule has 0 spiro atoms. The molecule has 0 aliphatic carbocycles. The topological polar surface area (TPSA) is 98.6 Å². The number of alkyl halides is 3. The van der Waals surface area contributed by atoms with Gasteiger partial charge in [0.2, 0.25) is 5.91 Å². The lowest BCUT2D eigenvalue weighted by atomic mass is 10.0. The van der Waals surface area contributed by atoms with Crippen LogP contribution in [-0.4, -0.2) is 29.5 Å². The van der Waals surface area contributed by atoms with Crippen LogP contribution in [0.15, 0.2) is 24.3 Å². The van der Waals surface area contributed by atoms with Gasteiger partial charge in [0.1, 0.15) is 11.9 Å². The van der Waals surface area contributed by atoms with E-state index < -0.39 is 30.2 Å². The predicted molar refractivity (Wildman–Crippen MR) is 60.0 cm³/mol. The van der Waals surface area contributed by atoms with Gasteiger partial charge < -0.3 is 21.3 Å². The Morgan fingerprint density at radius 2 is 2.05 bits per heavy atom. The summed E-state index contributed by atoms with van der Waals surface area (Å²) in [7, 11) is 0. The van der Waals surface area contributed by atoms with Crippen LogP contribution in [-0.2, 0) is 11.2 Å². The third-order valence-electron chi connectivity index (χ3n) is 2.30.